The number of carbonyl (C=O) groups excluding carboxylic acids is 1. The molecular weight excluding hydrogens is 164 g/mol. The van der Waals surface area contributed by atoms with Crippen molar-refractivity contribution < 1.29 is 4.79 Å². The van der Waals surface area contributed by atoms with Crippen molar-refractivity contribution in [3.63, 3.8) is 0 Å². The average molecular weight is 180 g/mol. The molecule has 1 heterocycles. The second-order valence-electron chi connectivity index (χ2n) is 4.66. The zero-order chi connectivity index (χ0) is 9.05. The summed E-state index contributed by atoms with van der Waals surface area (Å²) >= 11 is 0. The van der Waals surface area contributed by atoms with Crippen LogP contribution in [0.25, 0.3) is 0 Å². The molecule has 0 aromatic carbocycles. The first-order valence-corrected chi connectivity index (χ1v) is 5.33. The fourth-order valence-electron chi connectivity index (χ4n) is 2.49. The van der Waals surface area contributed by atoms with Crippen molar-refractivity contribution >= 4 is 5.91 Å². The van der Waals surface area contributed by atoms with Crippen molar-refractivity contribution in [1.29, 1.82) is 0 Å². The van der Waals surface area contributed by atoms with Crippen LogP contribution in [0.2, 0.25) is 0 Å². The molecule has 3 aliphatic rings. The number of hydrogen-bond acceptors (Lipinski definition) is 2. The van der Waals surface area contributed by atoms with E-state index in [1.165, 1.54) is 12.8 Å². The Morgan fingerprint density at radius 2 is 2.38 bits per heavy atom. The summed E-state index contributed by atoms with van der Waals surface area (Å²) in [7, 11) is 0. The smallest absolute Gasteiger partial charge is 0.244 e. The van der Waals surface area contributed by atoms with Crippen LogP contribution in [0.3, 0.4) is 0 Å². The van der Waals surface area contributed by atoms with Gasteiger partial charge in [-0.2, -0.15) is 0 Å². The highest BCUT2D eigenvalue weighted by molar-refractivity contribution is 5.91. The number of carbonyl (C=O) groups is 1. The summed E-state index contributed by atoms with van der Waals surface area (Å²) in [6.07, 6.45) is 4.58. The van der Waals surface area contributed by atoms with Crippen LogP contribution in [0, 0.1) is 5.92 Å². The molecule has 1 spiro atoms. The van der Waals surface area contributed by atoms with Gasteiger partial charge in [0, 0.05) is 6.04 Å². The lowest BCUT2D eigenvalue weighted by Crippen LogP contribution is -2.34. The van der Waals surface area contributed by atoms with E-state index in [0.29, 0.717) is 11.9 Å². The highest BCUT2D eigenvalue weighted by Crippen LogP contribution is 2.46. The van der Waals surface area contributed by atoms with Gasteiger partial charge in [0.05, 0.1) is 12.2 Å². The minimum Gasteiger partial charge on any atom is -0.325 e. The zero-order valence-corrected chi connectivity index (χ0v) is 8.05. The van der Waals surface area contributed by atoms with E-state index >= 15 is 0 Å². The molecule has 1 saturated heterocycles. The van der Waals surface area contributed by atoms with Gasteiger partial charge in [0.2, 0.25) is 5.91 Å². The molecule has 0 bridgehead atoms. The first kappa shape index (κ1) is 7.80. The molecular formula is C10H16N2O. The summed E-state index contributed by atoms with van der Waals surface area (Å²) in [6.45, 7) is 3.02. The molecule has 0 radical (unpaired) electrons. The third-order valence-corrected chi connectivity index (χ3v) is 3.82. The number of amides is 1. The Hall–Kier alpha value is -0.570. The van der Waals surface area contributed by atoms with Crippen LogP contribution in [0.1, 0.15) is 32.6 Å². The standard InChI is InChI=1S/C10H16N2O/c1-2-7-5-8(7)12-6-11-10(3-4-10)9(12)13/h7-8,11H,2-6H2,1H3. The number of rotatable bonds is 2. The van der Waals surface area contributed by atoms with Crippen LogP contribution < -0.4 is 5.32 Å². The molecule has 2 unspecified atom stereocenters. The number of hydrogen-bond donors (Lipinski definition) is 1. The Bertz CT molecular complexity index is 260. The maximum atomic E-state index is 11.9. The Kier molecular flexibility index (Phi) is 1.36. The maximum Gasteiger partial charge on any atom is 0.244 e. The summed E-state index contributed by atoms with van der Waals surface area (Å²) in [4.78, 5) is 14.0. The normalized spacial score (nSPS) is 40.1. The van der Waals surface area contributed by atoms with Crippen molar-refractivity contribution in [3.8, 4) is 0 Å². The van der Waals surface area contributed by atoms with Crippen LogP contribution in [0.5, 0.6) is 0 Å². The van der Waals surface area contributed by atoms with Crippen molar-refractivity contribution in [3.05, 3.63) is 0 Å². The first-order chi connectivity index (χ1) is 6.27. The second kappa shape index (κ2) is 2.27. The molecule has 2 atom stereocenters. The van der Waals surface area contributed by atoms with Crippen molar-refractivity contribution in [2.24, 2.45) is 5.92 Å². The van der Waals surface area contributed by atoms with Crippen LogP contribution in [-0.2, 0) is 4.79 Å². The SMILES string of the molecule is CCC1CC1N1CNC2(CC2)C1=O. The summed E-state index contributed by atoms with van der Waals surface area (Å²) in [5.41, 5.74) is -0.0825. The van der Waals surface area contributed by atoms with Gasteiger partial charge in [-0.25, -0.2) is 0 Å². The predicted octanol–water partition coefficient (Wildman–Crippen LogP) is 0.707. The molecule has 72 valence electrons. The molecule has 0 aromatic rings. The summed E-state index contributed by atoms with van der Waals surface area (Å²) < 4.78 is 0. The van der Waals surface area contributed by atoms with E-state index in [-0.39, 0.29) is 5.54 Å². The van der Waals surface area contributed by atoms with E-state index in [9.17, 15) is 4.79 Å². The van der Waals surface area contributed by atoms with Crippen molar-refractivity contribution in [1.82, 2.24) is 10.2 Å². The molecule has 3 rings (SSSR count). The van der Waals surface area contributed by atoms with E-state index in [1.807, 2.05) is 0 Å². The number of nitrogens with one attached hydrogen (secondary N) is 1. The van der Waals surface area contributed by atoms with Crippen LogP contribution in [-0.4, -0.2) is 29.1 Å². The third kappa shape index (κ3) is 0.966. The van der Waals surface area contributed by atoms with E-state index in [1.54, 1.807) is 0 Å². The van der Waals surface area contributed by atoms with Gasteiger partial charge in [0.1, 0.15) is 0 Å². The van der Waals surface area contributed by atoms with Gasteiger partial charge in [-0.3, -0.25) is 10.1 Å². The van der Waals surface area contributed by atoms with Crippen LogP contribution >= 0.6 is 0 Å². The van der Waals surface area contributed by atoms with E-state index in [4.69, 9.17) is 0 Å². The molecule has 1 aliphatic heterocycles. The quantitative estimate of drug-likeness (QED) is 0.678. The molecule has 3 fully saturated rings. The summed E-state index contributed by atoms with van der Waals surface area (Å²) in [5, 5.41) is 3.35. The molecule has 3 heteroatoms. The van der Waals surface area contributed by atoms with E-state index in [2.05, 4.69) is 17.1 Å². The molecule has 2 saturated carbocycles. The van der Waals surface area contributed by atoms with E-state index in [0.717, 1.165) is 25.4 Å². The monoisotopic (exact) mass is 180 g/mol. The lowest BCUT2D eigenvalue weighted by Gasteiger charge is -2.14. The highest BCUT2D eigenvalue weighted by Gasteiger charge is 2.59. The molecule has 13 heavy (non-hydrogen) atoms. The van der Waals surface area contributed by atoms with Gasteiger partial charge in [-0.15, -0.1) is 0 Å². The van der Waals surface area contributed by atoms with Crippen molar-refractivity contribution in [2.45, 2.75) is 44.2 Å². The van der Waals surface area contributed by atoms with E-state index < -0.39 is 0 Å². The second-order valence-corrected chi connectivity index (χ2v) is 4.66. The molecule has 2 aliphatic carbocycles. The molecule has 1 N–H and O–H groups in total. The molecule has 0 aromatic heterocycles. The Morgan fingerprint density at radius 3 is 2.85 bits per heavy atom. The van der Waals surface area contributed by atoms with Crippen LogP contribution in [0.15, 0.2) is 0 Å². The van der Waals surface area contributed by atoms with Gasteiger partial charge in [-0.1, -0.05) is 13.3 Å². The zero-order valence-electron chi connectivity index (χ0n) is 8.05. The minimum atomic E-state index is -0.0825. The van der Waals surface area contributed by atoms with Gasteiger partial charge in [0.15, 0.2) is 0 Å². The molecule has 3 nitrogen and oxygen atoms in total. The largest absolute Gasteiger partial charge is 0.325 e. The Morgan fingerprint density at radius 1 is 1.62 bits per heavy atom. The Balaban J connectivity index is 1.71. The fourth-order valence-corrected chi connectivity index (χ4v) is 2.49. The van der Waals surface area contributed by atoms with Crippen molar-refractivity contribution in [2.75, 3.05) is 6.67 Å². The minimum absolute atomic E-state index is 0.0825. The summed E-state index contributed by atoms with van der Waals surface area (Å²) in [6, 6.07) is 0.574. The fraction of sp³-hybridized carbons (Fsp3) is 0.900. The van der Waals surface area contributed by atoms with Gasteiger partial charge in [0.25, 0.3) is 0 Å². The summed E-state index contributed by atoms with van der Waals surface area (Å²) in [5.74, 6) is 1.17. The third-order valence-electron chi connectivity index (χ3n) is 3.82. The predicted molar refractivity (Wildman–Crippen MR) is 49.0 cm³/mol. The number of nitrogens with zero attached hydrogens (tertiary/aromatic N) is 1. The van der Waals surface area contributed by atoms with Gasteiger partial charge >= 0.3 is 0 Å². The maximum absolute atomic E-state index is 11.9. The highest BCUT2D eigenvalue weighted by atomic mass is 16.2. The van der Waals surface area contributed by atoms with Crippen LogP contribution in [0.4, 0.5) is 0 Å². The van der Waals surface area contributed by atoms with Gasteiger partial charge in [-0.05, 0) is 25.2 Å². The lowest BCUT2D eigenvalue weighted by molar-refractivity contribution is -0.130. The first-order valence-electron chi connectivity index (χ1n) is 5.33. The molecule has 1 amide bonds. The topological polar surface area (TPSA) is 32.3 Å². The Labute approximate surface area is 78.5 Å². The van der Waals surface area contributed by atoms with Gasteiger partial charge < -0.3 is 4.90 Å². The lowest BCUT2D eigenvalue weighted by atomic mass is 10.2. The average Bonchev–Trinajstić information content (AvgIpc) is 2.97.